The number of halogens is 13. The van der Waals surface area contributed by atoms with Crippen LogP contribution >= 0.6 is 15.9 Å². The smallest absolute Gasteiger partial charge is 0.322 e. The van der Waals surface area contributed by atoms with Crippen LogP contribution in [-0.2, 0) is 11.8 Å². The summed E-state index contributed by atoms with van der Waals surface area (Å²) in [6, 6.07) is 10.9. The maximum absolute atomic E-state index is 14.9. The quantitative estimate of drug-likeness (QED) is 0.256. The molecule has 0 aliphatic rings. The van der Waals surface area contributed by atoms with Gasteiger partial charge in [-0.1, -0.05) is 24.3 Å². The molecule has 4 nitrogen and oxygen atoms in total. The first kappa shape index (κ1) is 32.8. The fraction of sp³-hybridized carbons (Fsp3) is 0.200. The van der Waals surface area contributed by atoms with Gasteiger partial charge in [0.1, 0.15) is 0 Å². The van der Waals surface area contributed by atoms with E-state index in [4.69, 9.17) is 0 Å². The molecule has 0 aromatic heterocycles. The Morgan fingerprint density at radius 1 is 0.619 bits per heavy atom. The monoisotopic (exact) mass is 680 g/mol. The van der Waals surface area contributed by atoms with E-state index in [0.29, 0.717) is 0 Å². The summed E-state index contributed by atoms with van der Waals surface area (Å²) >= 11 is 2.31. The molecule has 0 fully saturated rings. The van der Waals surface area contributed by atoms with Gasteiger partial charge in [-0.25, -0.2) is 4.39 Å². The van der Waals surface area contributed by atoms with E-state index in [1.54, 1.807) is 23.5 Å². The Labute approximate surface area is 235 Å². The van der Waals surface area contributed by atoms with E-state index in [1.165, 1.54) is 24.3 Å². The number of hydrogen-bond acceptors (Lipinski definition) is 2. The molecule has 0 saturated heterocycles. The second kappa shape index (κ2) is 11.1. The molecule has 2 amide bonds. The number of rotatable bonds is 6. The summed E-state index contributed by atoms with van der Waals surface area (Å²) in [6.07, 6.45) is -20.0. The molecule has 0 aliphatic heterocycles. The fourth-order valence-corrected chi connectivity index (χ4v) is 4.15. The fourth-order valence-electron chi connectivity index (χ4n) is 3.59. The highest BCUT2D eigenvalue weighted by Crippen LogP contribution is 2.59. The molecule has 0 bridgehead atoms. The SMILES string of the molecule is O=C(Nc1cccc(C(=O)Nc2c(Br)cc(C(F)(C(F)(F)F)C(F)(F)C(F)(F)F)cc2C(F)(F)F)c1)c1ccccc1. The highest BCUT2D eigenvalue weighted by molar-refractivity contribution is 9.10. The van der Waals surface area contributed by atoms with Gasteiger partial charge in [0.2, 0.25) is 0 Å². The number of carbonyl (C=O) groups excluding carboxylic acids is 2. The van der Waals surface area contributed by atoms with E-state index in [2.05, 4.69) is 21.2 Å². The van der Waals surface area contributed by atoms with Gasteiger partial charge in [0.25, 0.3) is 11.8 Å². The zero-order chi connectivity index (χ0) is 31.9. The summed E-state index contributed by atoms with van der Waals surface area (Å²) in [5.41, 5.74) is -13.4. The summed E-state index contributed by atoms with van der Waals surface area (Å²) in [7, 11) is 0. The van der Waals surface area contributed by atoms with Gasteiger partial charge in [-0.3, -0.25) is 9.59 Å². The number of hydrogen-bond donors (Lipinski definition) is 2. The van der Waals surface area contributed by atoms with E-state index >= 15 is 0 Å². The lowest BCUT2D eigenvalue weighted by Gasteiger charge is -2.36. The molecule has 2 N–H and O–H groups in total. The third kappa shape index (κ3) is 6.19. The van der Waals surface area contributed by atoms with Crippen molar-refractivity contribution < 1.29 is 62.3 Å². The minimum absolute atomic E-state index is 0.0243. The molecule has 3 aromatic rings. The average molecular weight is 681 g/mol. The van der Waals surface area contributed by atoms with Crippen molar-refractivity contribution in [2.45, 2.75) is 30.1 Å². The largest absolute Gasteiger partial charge is 0.457 e. The highest BCUT2D eigenvalue weighted by Gasteiger charge is 2.82. The Morgan fingerprint density at radius 2 is 1.17 bits per heavy atom. The number of anilines is 2. The average Bonchev–Trinajstić information content (AvgIpc) is 2.87. The standard InChI is InChI=1S/C25H13BrF12N2O2/c26-17-11-14(21(27,24(33,34)35)23(31,32)25(36,37)38)10-16(22(28,29)30)18(17)40-20(42)13-7-4-8-15(9-13)39-19(41)12-5-2-1-3-6-12/h1-11H,(H,39,41)(H,40,42). The normalized spacial score (nSPS) is 14.2. The van der Waals surface area contributed by atoms with Gasteiger partial charge in [0.05, 0.1) is 11.3 Å². The molecular weight excluding hydrogens is 668 g/mol. The number of amides is 2. The van der Waals surface area contributed by atoms with Crippen molar-refractivity contribution in [3.8, 4) is 0 Å². The molecule has 226 valence electrons. The van der Waals surface area contributed by atoms with Crippen LogP contribution in [0.2, 0.25) is 0 Å². The van der Waals surface area contributed by atoms with Gasteiger partial charge in [-0.2, -0.15) is 48.3 Å². The van der Waals surface area contributed by atoms with Crippen molar-refractivity contribution in [3.05, 3.63) is 93.5 Å². The topological polar surface area (TPSA) is 58.2 Å². The molecule has 17 heteroatoms. The lowest BCUT2D eigenvalue weighted by atomic mass is 9.86. The van der Waals surface area contributed by atoms with Gasteiger partial charge in [-0.15, -0.1) is 0 Å². The Bertz CT molecular complexity index is 1490. The minimum atomic E-state index is -7.23. The van der Waals surface area contributed by atoms with Crippen molar-refractivity contribution in [3.63, 3.8) is 0 Å². The van der Waals surface area contributed by atoms with Crippen molar-refractivity contribution in [2.24, 2.45) is 0 Å². The maximum atomic E-state index is 14.9. The van der Waals surface area contributed by atoms with E-state index in [-0.39, 0.29) is 17.3 Å². The van der Waals surface area contributed by atoms with E-state index < -0.39 is 74.9 Å². The molecular formula is C25H13BrF12N2O2. The van der Waals surface area contributed by atoms with Crippen LogP contribution in [0.15, 0.2) is 71.2 Å². The Morgan fingerprint density at radius 3 is 1.69 bits per heavy atom. The van der Waals surface area contributed by atoms with Crippen LogP contribution in [0.3, 0.4) is 0 Å². The molecule has 3 rings (SSSR count). The summed E-state index contributed by atoms with van der Waals surface area (Å²) in [6.45, 7) is 0. The third-order valence-electron chi connectivity index (χ3n) is 5.63. The number of alkyl halides is 12. The van der Waals surface area contributed by atoms with Crippen LogP contribution in [0.5, 0.6) is 0 Å². The summed E-state index contributed by atoms with van der Waals surface area (Å²) in [5, 5.41) is 4.08. The number of carbonyl (C=O) groups is 2. The van der Waals surface area contributed by atoms with Gasteiger partial charge in [0.15, 0.2) is 0 Å². The van der Waals surface area contributed by atoms with Crippen LogP contribution < -0.4 is 10.6 Å². The van der Waals surface area contributed by atoms with Crippen LogP contribution in [0.4, 0.5) is 64.1 Å². The Balaban J connectivity index is 2.06. The van der Waals surface area contributed by atoms with Gasteiger partial charge in [0, 0.05) is 26.9 Å². The van der Waals surface area contributed by atoms with Crippen LogP contribution in [0.1, 0.15) is 31.8 Å². The van der Waals surface area contributed by atoms with Crippen LogP contribution in [0.25, 0.3) is 0 Å². The molecule has 0 heterocycles. The third-order valence-corrected chi connectivity index (χ3v) is 6.26. The molecule has 3 aromatic carbocycles. The zero-order valence-corrected chi connectivity index (χ0v) is 21.7. The van der Waals surface area contributed by atoms with Crippen molar-refractivity contribution >= 4 is 39.1 Å². The molecule has 1 atom stereocenters. The van der Waals surface area contributed by atoms with Crippen LogP contribution in [0, 0.1) is 0 Å². The molecule has 0 spiro atoms. The number of benzene rings is 3. The van der Waals surface area contributed by atoms with Crippen molar-refractivity contribution in [2.75, 3.05) is 10.6 Å². The first-order valence-electron chi connectivity index (χ1n) is 11.0. The van der Waals surface area contributed by atoms with Gasteiger partial charge in [-0.05, 0) is 58.4 Å². The van der Waals surface area contributed by atoms with Gasteiger partial charge < -0.3 is 10.6 Å². The summed E-state index contributed by atoms with van der Waals surface area (Å²) in [5.74, 6) is -9.25. The molecule has 0 saturated carbocycles. The molecule has 0 radical (unpaired) electrons. The maximum Gasteiger partial charge on any atom is 0.457 e. The molecule has 1 unspecified atom stereocenters. The lowest BCUT2D eigenvalue weighted by molar-refractivity contribution is -0.389. The summed E-state index contributed by atoms with van der Waals surface area (Å²) < 4.78 is 161. The first-order valence-corrected chi connectivity index (χ1v) is 11.8. The Hall–Kier alpha value is -3.76. The predicted molar refractivity (Wildman–Crippen MR) is 128 cm³/mol. The Kier molecular flexibility index (Phi) is 8.69. The van der Waals surface area contributed by atoms with Crippen LogP contribution in [-0.4, -0.2) is 30.1 Å². The first-order chi connectivity index (χ1) is 19.1. The second-order valence-corrected chi connectivity index (χ2v) is 9.32. The molecule has 42 heavy (non-hydrogen) atoms. The zero-order valence-electron chi connectivity index (χ0n) is 20.1. The highest BCUT2D eigenvalue weighted by atomic mass is 79.9. The van der Waals surface area contributed by atoms with Crippen molar-refractivity contribution in [1.29, 1.82) is 0 Å². The number of nitrogens with one attached hydrogen (secondary N) is 2. The van der Waals surface area contributed by atoms with Crippen molar-refractivity contribution in [1.82, 2.24) is 0 Å². The predicted octanol–water partition coefficient (Wildman–Crippen LogP) is 8.90. The molecule has 0 aliphatic carbocycles. The minimum Gasteiger partial charge on any atom is -0.322 e. The van der Waals surface area contributed by atoms with E-state index in [9.17, 15) is 62.3 Å². The van der Waals surface area contributed by atoms with E-state index in [1.807, 2.05) is 0 Å². The second-order valence-electron chi connectivity index (χ2n) is 8.46. The summed E-state index contributed by atoms with van der Waals surface area (Å²) in [4.78, 5) is 25.1. The van der Waals surface area contributed by atoms with Gasteiger partial charge >= 0.3 is 30.1 Å². The van der Waals surface area contributed by atoms with E-state index in [0.717, 1.165) is 12.1 Å². The lowest BCUT2D eigenvalue weighted by Crippen LogP contribution is -2.59.